The Balaban J connectivity index is 3.02. The topological polar surface area (TPSA) is 66.4 Å². The van der Waals surface area contributed by atoms with E-state index in [2.05, 4.69) is 5.32 Å². The number of benzene rings is 1. The Kier molecular flexibility index (Phi) is 4.85. The van der Waals surface area contributed by atoms with Crippen LogP contribution in [0, 0.1) is 5.82 Å². The van der Waals surface area contributed by atoms with E-state index in [0.29, 0.717) is 5.56 Å². The monoisotopic (exact) mass is 271 g/mol. The van der Waals surface area contributed by atoms with Gasteiger partial charge in [-0.15, -0.1) is 0 Å². The van der Waals surface area contributed by atoms with Gasteiger partial charge in [0.15, 0.2) is 0 Å². The van der Waals surface area contributed by atoms with E-state index in [1.54, 1.807) is 0 Å². The third kappa shape index (κ3) is 4.18. The zero-order valence-electron chi connectivity index (χ0n) is 9.54. The first-order chi connectivity index (χ1) is 8.40. The van der Waals surface area contributed by atoms with E-state index in [-0.39, 0.29) is 23.0 Å². The number of carbonyl (C=O) groups is 2. The minimum absolute atomic E-state index is 0.120. The highest BCUT2D eigenvalue weighted by atomic mass is 35.5. The number of amides is 1. The van der Waals surface area contributed by atoms with Crippen LogP contribution in [0.1, 0.15) is 18.9 Å². The number of aliphatic carboxylic acids is 1. The van der Waals surface area contributed by atoms with Gasteiger partial charge < -0.3 is 10.4 Å². The van der Waals surface area contributed by atoms with Crippen molar-refractivity contribution in [2.75, 3.05) is 5.32 Å². The predicted octanol–water partition coefficient (Wildman–Crippen LogP) is 2.93. The molecule has 0 heterocycles. The summed E-state index contributed by atoms with van der Waals surface area (Å²) in [6, 6.07) is 2.56. The number of rotatable bonds is 4. The maximum atomic E-state index is 13.4. The van der Waals surface area contributed by atoms with Crippen LogP contribution in [-0.4, -0.2) is 17.0 Å². The summed E-state index contributed by atoms with van der Waals surface area (Å²) >= 11 is 5.73. The maximum absolute atomic E-state index is 13.4. The molecule has 0 fully saturated rings. The van der Waals surface area contributed by atoms with Gasteiger partial charge >= 0.3 is 5.97 Å². The summed E-state index contributed by atoms with van der Waals surface area (Å²) in [5, 5.41) is 10.8. The summed E-state index contributed by atoms with van der Waals surface area (Å²) in [6.07, 6.45) is 2.55. The number of hydrogen-bond donors (Lipinski definition) is 2. The minimum atomic E-state index is -0.999. The normalized spacial score (nSPS) is 10.6. The Labute approximate surface area is 108 Å². The van der Waals surface area contributed by atoms with Crippen LogP contribution in [0.2, 0.25) is 5.02 Å². The Hall–Kier alpha value is -1.88. The van der Waals surface area contributed by atoms with Crippen LogP contribution < -0.4 is 5.32 Å². The first-order valence-electron chi connectivity index (χ1n) is 5.05. The van der Waals surface area contributed by atoms with Gasteiger partial charge in [-0.3, -0.25) is 9.59 Å². The van der Waals surface area contributed by atoms with E-state index in [0.717, 1.165) is 6.07 Å². The maximum Gasteiger partial charge on any atom is 0.307 e. The Bertz CT molecular complexity index is 514. The minimum Gasteiger partial charge on any atom is -0.481 e. The second-order valence-electron chi connectivity index (χ2n) is 3.54. The lowest BCUT2D eigenvalue weighted by molar-refractivity contribution is -0.136. The number of carboxylic acid groups (broad SMARTS) is 1. The lowest BCUT2D eigenvalue weighted by atomic mass is 10.1. The molecule has 0 atom stereocenters. The molecule has 2 N–H and O–H groups in total. The van der Waals surface area contributed by atoms with Crippen molar-refractivity contribution in [2.24, 2.45) is 0 Å². The Morgan fingerprint density at radius 2 is 2.17 bits per heavy atom. The van der Waals surface area contributed by atoms with Gasteiger partial charge in [0.25, 0.3) is 0 Å². The molecule has 0 bridgehead atoms. The molecule has 0 saturated carbocycles. The van der Waals surface area contributed by atoms with Gasteiger partial charge in [-0.25, -0.2) is 4.39 Å². The molecule has 96 valence electrons. The van der Waals surface area contributed by atoms with Crippen molar-refractivity contribution in [3.8, 4) is 0 Å². The van der Waals surface area contributed by atoms with E-state index in [1.165, 1.54) is 25.1 Å². The number of carbonyl (C=O) groups excluding carboxylic acids is 1. The summed E-state index contributed by atoms with van der Waals surface area (Å²) in [5.74, 6) is -2.02. The fourth-order valence-electron chi connectivity index (χ4n) is 1.29. The number of hydrogen-bond acceptors (Lipinski definition) is 2. The molecule has 0 spiro atoms. The molecule has 0 aromatic heterocycles. The van der Waals surface area contributed by atoms with Gasteiger partial charge in [-0.2, -0.15) is 0 Å². The van der Waals surface area contributed by atoms with E-state index in [9.17, 15) is 14.0 Å². The first-order valence-corrected chi connectivity index (χ1v) is 5.43. The molecule has 1 amide bonds. The molecule has 0 radical (unpaired) electrons. The molecule has 0 aliphatic carbocycles. The average Bonchev–Trinajstić information content (AvgIpc) is 2.23. The first kappa shape index (κ1) is 14.2. The van der Waals surface area contributed by atoms with Crippen LogP contribution in [0.4, 0.5) is 10.1 Å². The molecular weight excluding hydrogens is 261 g/mol. The number of anilines is 1. The van der Waals surface area contributed by atoms with Crippen LogP contribution in [0.5, 0.6) is 0 Å². The van der Waals surface area contributed by atoms with Crippen molar-refractivity contribution in [2.45, 2.75) is 13.3 Å². The molecular formula is C12H11ClFNO3. The quantitative estimate of drug-likeness (QED) is 0.885. The van der Waals surface area contributed by atoms with E-state index < -0.39 is 11.8 Å². The summed E-state index contributed by atoms with van der Waals surface area (Å²) in [5.41, 5.74) is 0.570. The summed E-state index contributed by atoms with van der Waals surface area (Å²) in [6.45, 7) is 1.30. The van der Waals surface area contributed by atoms with Gasteiger partial charge in [0.2, 0.25) is 5.91 Å². The SMILES string of the molecule is CC(=O)Nc1cc(F)c(Cl)c(/C=C\CC(=O)O)c1. The molecule has 6 heteroatoms. The van der Waals surface area contributed by atoms with Crippen LogP contribution in [0.15, 0.2) is 18.2 Å². The molecule has 0 saturated heterocycles. The van der Waals surface area contributed by atoms with E-state index in [1.807, 2.05) is 0 Å². The van der Waals surface area contributed by atoms with Crippen molar-refractivity contribution in [3.63, 3.8) is 0 Å². The van der Waals surface area contributed by atoms with Crippen molar-refractivity contribution in [1.29, 1.82) is 0 Å². The highest BCUT2D eigenvalue weighted by Crippen LogP contribution is 2.26. The fourth-order valence-corrected chi connectivity index (χ4v) is 1.47. The van der Waals surface area contributed by atoms with Gasteiger partial charge in [-0.05, 0) is 17.7 Å². The van der Waals surface area contributed by atoms with Gasteiger partial charge in [0.1, 0.15) is 5.82 Å². The highest BCUT2D eigenvalue weighted by Gasteiger charge is 2.08. The number of halogens is 2. The average molecular weight is 272 g/mol. The second kappa shape index (κ2) is 6.16. The summed E-state index contributed by atoms with van der Waals surface area (Å²) in [7, 11) is 0. The molecule has 1 rings (SSSR count). The van der Waals surface area contributed by atoms with Crippen molar-refractivity contribution in [3.05, 3.63) is 34.6 Å². The van der Waals surface area contributed by atoms with Crippen LogP contribution in [0.25, 0.3) is 6.08 Å². The lowest BCUT2D eigenvalue weighted by Gasteiger charge is -2.06. The van der Waals surface area contributed by atoms with E-state index in [4.69, 9.17) is 16.7 Å². The Morgan fingerprint density at radius 3 is 2.72 bits per heavy atom. The lowest BCUT2D eigenvalue weighted by Crippen LogP contribution is -2.06. The Morgan fingerprint density at radius 1 is 1.50 bits per heavy atom. The largest absolute Gasteiger partial charge is 0.481 e. The van der Waals surface area contributed by atoms with Crippen LogP contribution in [-0.2, 0) is 9.59 Å². The molecule has 0 aliphatic rings. The highest BCUT2D eigenvalue weighted by molar-refractivity contribution is 6.32. The standard InChI is InChI=1S/C12H11ClFNO3/c1-7(16)15-9-5-8(3-2-4-11(17)18)12(13)10(14)6-9/h2-3,5-6H,4H2,1H3,(H,15,16)(H,17,18)/b3-2-. The summed E-state index contributed by atoms with van der Waals surface area (Å²) < 4.78 is 13.4. The van der Waals surface area contributed by atoms with Crippen molar-refractivity contribution in [1.82, 2.24) is 0 Å². The van der Waals surface area contributed by atoms with Crippen LogP contribution in [0.3, 0.4) is 0 Å². The zero-order valence-corrected chi connectivity index (χ0v) is 10.3. The van der Waals surface area contributed by atoms with E-state index >= 15 is 0 Å². The molecule has 1 aromatic rings. The molecule has 0 aliphatic heterocycles. The van der Waals surface area contributed by atoms with Gasteiger partial charge in [-0.1, -0.05) is 23.8 Å². The van der Waals surface area contributed by atoms with Gasteiger partial charge in [0, 0.05) is 12.6 Å². The van der Waals surface area contributed by atoms with Crippen molar-refractivity contribution < 1.29 is 19.1 Å². The third-order valence-electron chi connectivity index (χ3n) is 1.97. The second-order valence-corrected chi connectivity index (χ2v) is 3.92. The molecule has 0 unspecified atom stereocenters. The third-order valence-corrected chi connectivity index (χ3v) is 2.37. The number of carboxylic acids is 1. The predicted molar refractivity (Wildman–Crippen MR) is 67.0 cm³/mol. The van der Waals surface area contributed by atoms with Crippen LogP contribution >= 0.6 is 11.6 Å². The fraction of sp³-hybridized carbons (Fsp3) is 0.167. The molecule has 4 nitrogen and oxygen atoms in total. The summed E-state index contributed by atoms with van der Waals surface area (Å²) in [4.78, 5) is 21.2. The van der Waals surface area contributed by atoms with Crippen molar-refractivity contribution >= 4 is 35.2 Å². The molecule has 18 heavy (non-hydrogen) atoms. The number of nitrogens with one attached hydrogen (secondary N) is 1. The molecule has 1 aromatic carbocycles. The van der Waals surface area contributed by atoms with Gasteiger partial charge in [0.05, 0.1) is 11.4 Å². The smallest absolute Gasteiger partial charge is 0.307 e. The zero-order chi connectivity index (χ0) is 13.7.